The maximum absolute atomic E-state index is 12.8. The molecule has 0 aromatic carbocycles. The summed E-state index contributed by atoms with van der Waals surface area (Å²) < 4.78 is 27.3. The van der Waals surface area contributed by atoms with Crippen LogP contribution in [0.5, 0.6) is 0 Å². The quantitative estimate of drug-likeness (QED) is 0.782. The molecule has 2 aromatic rings. The molecular weight excluding hydrogens is 408 g/mol. The Morgan fingerprint density at radius 3 is 2.62 bits per heavy atom. The summed E-state index contributed by atoms with van der Waals surface area (Å²) in [6, 6.07) is 7.15. The van der Waals surface area contributed by atoms with Crippen molar-refractivity contribution in [3.05, 3.63) is 35.8 Å². The number of hydrogen-bond acceptors (Lipinski definition) is 6. The van der Waals surface area contributed by atoms with Crippen molar-refractivity contribution in [2.24, 2.45) is 5.92 Å². The molecule has 1 N–H and O–H groups in total. The van der Waals surface area contributed by atoms with Crippen molar-refractivity contribution in [3.8, 4) is 0 Å². The summed E-state index contributed by atoms with van der Waals surface area (Å²) in [4.78, 5) is 19.5. The predicted octanol–water partition coefficient (Wildman–Crippen LogP) is 3.17. The molecule has 29 heavy (non-hydrogen) atoms. The number of nitrogens with zero attached hydrogens (tertiary/aromatic N) is 3. The first-order chi connectivity index (χ1) is 14.0. The number of thiophene rings is 1. The second-order valence-corrected chi connectivity index (χ2v) is 10.7. The van der Waals surface area contributed by atoms with Gasteiger partial charge in [0.1, 0.15) is 10.0 Å². The number of sulfonamides is 1. The van der Waals surface area contributed by atoms with Crippen LogP contribution in [-0.4, -0.2) is 49.8 Å². The highest BCUT2D eigenvalue weighted by molar-refractivity contribution is 7.91. The van der Waals surface area contributed by atoms with Crippen molar-refractivity contribution in [1.29, 1.82) is 0 Å². The lowest BCUT2D eigenvalue weighted by atomic mass is 9.99. The second-order valence-electron chi connectivity index (χ2n) is 7.58. The number of hydrogen-bond donors (Lipinski definition) is 1. The Balaban J connectivity index is 1.38. The van der Waals surface area contributed by atoms with Gasteiger partial charge in [-0.1, -0.05) is 6.07 Å². The van der Waals surface area contributed by atoms with Crippen molar-refractivity contribution in [2.45, 2.75) is 36.3 Å². The third kappa shape index (κ3) is 4.62. The summed E-state index contributed by atoms with van der Waals surface area (Å²) in [5.41, 5.74) is 0.647. The number of carbonyl (C=O) groups excluding carboxylic acids is 1. The summed E-state index contributed by atoms with van der Waals surface area (Å²) in [6.07, 6.45) is 6.69. The zero-order valence-electron chi connectivity index (χ0n) is 16.3. The van der Waals surface area contributed by atoms with Gasteiger partial charge in [-0.15, -0.1) is 11.3 Å². The number of amides is 1. The molecule has 4 rings (SSSR count). The topological polar surface area (TPSA) is 82.6 Å². The molecule has 4 heterocycles. The van der Waals surface area contributed by atoms with Crippen LogP contribution >= 0.6 is 11.3 Å². The third-order valence-electron chi connectivity index (χ3n) is 5.54. The van der Waals surface area contributed by atoms with E-state index in [2.05, 4.69) is 15.2 Å². The van der Waals surface area contributed by atoms with Gasteiger partial charge in [-0.05, 0) is 55.7 Å². The fourth-order valence-electron chi connectivity index (χ4n) is 3.93. The van der Waals surface area contributed by atoms with Gasteiger partial charge in [0.25, 0.3) is 10.0 Å². The van der Waals surface area contributed by atoms with E-state index >= 15 is 0 Å². The molecular formula is C20H26N4O3S2. The first-order valence-electron chi connectivity index (χ1n) is 10.1. The highest BCUT2D eigenvalue weighted by Gasteiger charge is 2.33. The molecule has 2 aliphatic heterocycles. The van der Waals surface area contributed by atoms with Gasteiger partial charge in [-0.3, -0.25) is 4.79 Å². The Morgan fingerprint density at radius 2 is 1.93 bits per heavy atom. The Bertz CT molecular complexity index is 923. The van der Waals surface area contributed by atoms with E-state index in [1.165, 1.54) is 34.9 Å². The molecule has 1 unspecified atom stereocenters. The molecule has 0 aliphatic carbocycles. The minimum atomic E-state index is -3.52. The molecule has 2 saturated heterocycles. The van der Waals surface area contributed by atoms with Gasteiger partial charge in [0.15, 0.2) is 0 Å². The number of nitrogens with one attached hydrogen (secondary N) is 1. The SMILES string of the molecule is O=C(Nc1ccc(N2CCCCC2)nc1)C1CCCN(S(=O)(=O)c2cccs2)C1. The van der Waals surface area contributed by atoms with Crippen molar-refractivity contribution < 1.29 is 13.2 Å². The van der Waals surface area contributed by atoms with Crippen molar-refractivity contribution in [3.63, 3.8) is 0 Å². The van der Waals surface area contributed by atoms with Gasteiger partial charge in [0.05, 0.1) is 17.8 Å². The van der Waals surface area contributed by atoms with E-state index in [1.54, 1.807) is 23.7 Å². The largest absolute Gasteiger partial charge is 0.357 e. The average Bonchev–Trinajstić information content (AvgIpc) is 3.31. The lowest BCUT2D eigenvalue weighted by Gasteiger charge is -2.31. The van der Waals surface area contributed by atoms with Gasteiger partial charge < -0.3 is 10.2 Å². The summed E-state index contributed by atoms with van der Waals surface area (Å²) in [5.74, 6) is 0.428. The fourth-order valence-corrected chi connectivity index (χ4v) is 6.59. The number of pyridine rings is 1. The molecule has 2 aliphatic rings. The van der Waals surface area contributed by atoms with Crippen molar-refractivity contribution in [1.82, 2.24) is 9.29 Å². The average molecular weight is 435 g/mol. The fraction of sp³-hybridized carbons (Fsp3) is 0.500. The van der Waals surface area contributed by atoms with Gasteiger partial charge in [-0.25, -0.2) is 13.4 Å². The summed E-state index contributed by atoms with van der Waals surface area (Å²) in [5, 5.41) is 4.66. The number of anilines is 2. The lowest BCUT2D eigenvalue weighted by molar-refractivity contribution is -0.120. The molecule has 2 fully saturated rings. The molecule has 0 saturated carbocycles. The van der Waals surface area contributed by atoms with Crippen LogP contribution in [0.15, 0.2) is 40.1 Å². The second kappa shape index (κ2) is 8.81. The molecule has 9 heteroatoms. The van der Waals surface area contributed by atoms with E-state index in [4.69, 9.17) is 0 Å². The highest BCUT2D eigenvalue weighted by Crippen LogP contribution is 2.27. The van der Waals surface area contributed by atoms with Crippen molar-refractivity contribution in [2.75, 3.05) is 36.4 Å². The molecule has 7 nitrogen and oxygen atoms in total. The van der Waals surface area contributed by atoms with Crippen LogP contribution in [0, 0.1) is 5.92 Å². The van der Waals surface area contributed by atoms with E-state index in [0.717, 1.165) is 18.9 Å². The molecule has 156 valence electrons. The summed E-state index contributed by atoms with van der Waals surface area (Å²) in [7, 11) is -3.52. The Hall–Kier alpha value is -1.97. The zero-order valence-corrected chi connectivity index (χ0v) is 17.9. The van der Waals surface area contributed by atoms with Gasteiger partial charge in [-0.2, -0.15) is 4.31 Å². The highest BCUT2D eigenvalue weighted by atomic mass is 32.2. The first kappa shape index (κ1) is 20.3. The van der Waals surface area contributed by atoms with E-state index in [-0.39, 0.29) is 18.4 Å². The maximum atomic E-state index is 12.8. The normalized spacial score (nSPS) is 21.1. The number of rotatable bonds is 5. The van der Waals surface area contributed by atoms with Crippen molar-refractivity contribution >= 4 is 38.8 Å². The molecule has 0 spiro atoms. The number of piperidine rings is 2. The molecule has 1 amide bonds. The predicted molar refractivity (Wildman–Crippen MR) is 115 cm³/mol. The number of aromatic nitrogens is 1. The minimum Gasteiger partial charge on any atom is -0.357 e. The Labute approximate surface area is 175 Å². The summed E-state index contributed by atoms with van der Waals surface area (Å²) in [6.45, 7) is 2.71. The van der Waals surface area contributed by atoms with Gasteiger partial charge in [0.2, 0.25) is 5.91 Å². The maximum Gasteiger partial charge on any atom is 0.252 e. The van der Waals surface area contributed by atoms with Crippen LogP contribution in [0.3, 0.4) is 0 Å². The van der Waals surface area contributed by atoms with E-state index in [0.29, 0.717) is 29.3 Å². The smallest absolute Gasteiger partial charge is 0.252 e. The lowest BCUT2D eigenvalue weighted by Crippen LogP contribution is -2.43. The van der Waals surface area contributed by atoms with E-state index in [1.807, 2.05) is 12.1 Å². The van der Waals surface area contributed by atoms with Gasteiger partial charge >= 0.3 is 0 Å². The first-order valence-corrected chi connectivity index (χ1v) is 12.4. The van der Waals surface area contributed by atoms with E-state index < -0.39 is 10.0 Å². The zero-order chi connectivity index (χ0) is 20.3. The molecule has 0 radical (unpaired) electrons. The van der Waals surface area contributed by atoms with Gasteiger partial charge in [0, 0.05) is 26.2 Å². The standard InChI is InChI=1S/C20H26N4O3S2/c25-20(22-17-8-9-18(21-14-17)23-10-2-1-3-11-23)16-6-4-12-24(15-16)29(26,27)19-7-5-13-28-19/h5,7-9,13-14,16H,1-4,6,10-12,15H2,(H,22,25). The molecule has 0 bridgehead atoms. The van der Waals surface area contributed by atoms with Crippen LogP contribution in [0.2, 0.25) is 0 Å². The molecule has 1 atom stereocenters. The Kier molecular flexibility index (Phi) is 6.17. The molecule has 2 aromatic heterocycles. The van der Waals surface area contributed by atoms with Crippen LogP contribution in [0.25, 0.3) is 0 Å². The number of carbonyl (C=O) groups is 1. The Morgan fingerprint density at radius 1 is 1.10 bits per heavy atom. The minimum absolute atomic E-state index is 0.149. The van der Waals surface area contributed by atoms with E-state index in [9.17, 15) is 13.2 Å². The summed E-state index contributed by atoms with van der Waals surface area (Å²) >= 11 is 1.21. The monoisotopic (exact) mass is 434 g/mol. The van der Waals surface area contributed by atoms with Crippen LogP contribution in [0.1, 0.15) is 32.1 Å². The van der Waals surface area contributed by atoms with Crippen LogP contribution < -0.4 is 10.2 Å². The third-order valence-corrected chi connectivity index (χ3v) is 8.78. The van der Waals surface area contributed by atoms with Crippen LogP contribution in [0.4, 0.5) is 11.5 Å². The van der Waals surface area contributed by atoms with Crippen LogP contribution in [-0.2, 0) is 14.8 Å².